The molecule has 3 heteroatoms. The van der Waals surface area contributed by atoms with Gasteiger partial charge >= 0.3 is 0 Å². The molecule has 0 saturated carbocycles. The minimum absolute atomic E-state index is 0.766. The van der Waals surface area contributed by atoms with Crippen LogP contribution in [-0.2, 0) is 6.54 Å². The van der Waals surface area contributed by atoms with Crippen molar-refractivity contribution in [2.24, 2.45) is 5.92 Å². The van der Waals surface area contributed by atoms with E-state index in [4.69, 9.17) is 0 Å². The highest BCUT2D eigenvalue weighted by Gasteiger charge is 1.98. The lowest BCUT2D eigenvalue weighted by Crippen LogP contribution is -2.16. The third kappa shape index (κ3) is 2.83. The van der Waals surface area contributed by atoms with Gasteiger partial charge in [0.2, 0.25) is 0 Å². The molecule has 0 fully saturated rings. The van der Waals surface area contributed by atoms with Crippen molar-refractivity contribution in [1.82, 2.24) is 15.5 Å². The first-order valence-electron chi connectivity index (χ1n) is 5.88. The molecule has 2 N–H and O–H groups in total. The van der Waals surface area contributed by atoms with Crippen LogP contribution in [0.15, 0.2) is 24.4 Å². The van der Waals surface area contributed by atoms with Gasteiger partial charge in [0.25, 0.3) is 0 Å². The fourth-order valence-electron chi connectivity index (χ4n) is 1.72. The monoisotopic (exact) mass is 217 g/mol. The van der Waals surface area contributed by atoms with Gasteiger partial charge in [0.1, 0.15) is 0 Å². The van der Waals surface area contributed by atoms with Crippen LogP contribution in [0.4, 0.5) is 0 Å². The molecule has 16 heavy (non-hydrogen) atoms. The van der Waals surface area contributed by atoms with Crippen LogP contribution in [0.5, 0.6) is 0 Å². The molecule has 0 aliphatic carbocycles. The summed E-state index contributed by atoms with van der Waals surface area (Å²) in [7, 11) is 0. The quantitative estimate of drug-likeness (QED) is 0.756. The van der Waals surface area contributed by atoms with Gasteiger partial charge in [0.15, 0.2) is 0 Å². The first kappa shape index (κ1) is 11.1. The van der Waals surface area contributed by atoms with Crippen LogP contribution in [0, 0.1) is 5.92 Å². The Morgan fingerprint density at radius 1 is 1.38 bits per heavy atom. The minimum Gasteiger partial charge on any atom is -0.313 e. The summed E-state index contributed by atoms with van der Waals surface area (Å²) >= 11 is 0. The van der Waals surface area contributed by atoms with Gasteiger partial charge in [-0.25, -0.2) is 0 Å². The number of rotatable bonds is 5. The Hall–Kier alpha value is -1.35. The maximum atomic E-state index is 4.02. The van der Waals surface area contributed by atoms with Crippen molar-refractivity contribution in [3.63, 3.8) is 0 Å². The number of H-pyrrole nitrogens is 1. The smallest absolute Gasteiger partial charge is 0.0653 e. The average molecular weight is 217 g/mol. The summed E-state index contributed by atoms with van der Waals surface area (Å²) in [6, 6.07) is 6.42. The van der Waals surface area contributed by atoms with Crippen molar-refractivity contribution in [2.75, 3.05) is 6.54 Å². The number of aromatic amines is 1. The molecule has 0 saturated heterocycles. The maximum absolute atomic E-state index is 4.02. The van der Waals surface area contributed by atoms with Gasteiger partial charge in [-0.3, -0.25) is 5.10 Å². The topological polar surface area (TPSA) is 40.7 Å². The predicted molar refractivity (Wildman–Crippen MR) is 67.3 cm³/mol. The second-order valence-electron chi connectivity index (χ2n) is 4.65. The summed E-state index contributed by atoms with van der Waals surface area (Å²) in [5.74, 6) is 0.766. The van der Waals surface area contributed by atoms with E-state index in [1.165, 1.54) is 17.4 Å². The lowest BCUT2D eigenvalue weighted by atomic mass is 10.1. The Labute approximate surface area is 96.2 Å². The van der Waals surface area contributed by atoms with E-state index < -0.39 is 0 Å². The number of benzene rings is 1. The zero-order valence-electron chi connectivity index (χ0n) is 9.96. The standard InChI is InChI=1S/C13H19N3/c1-10(2)5-6-14-8-11-3-4-12-9-15-16-13(12)7-11/h3-4,7,9-10,14H,5-6,8H2,1-2H3,(H,15,16). The van der Waals surface area contributed by atoms with E-state index >= 15 is 0 Å². The van der Waals surface area contributed by atoms with Crippen molar-refractivity contribution < 1.29 is 0 Å². The molecule has 0 aliphatic rings. The predicted octanol–water partition coefficient (Wildman–Crippen LogP) is 2.70. The fourth-order valence-corrected chi connectivity index (χ4v) is 1.72. The van der Waals surface area contributed by atoms with Gasteiger partial charge in [-0.05, 0) is 30.5 Å². The molecule has 0 amide bonds. The number of nitrogens with zero attached hydrogens (tertiary/aromatic N) is 1. The van der Waals surface area contributed by atoms with Crippen LogP contribution in [-0.4, -0.2) is 16.7 Å². The van der Waals surface area contributed by atoms with Gasteiger partial charge in [0.05, 0.1) is 11.7 Å². The molecule has 0 unspecified atom stereocenters. The summed E-state index contributed by atoms with van der Waals surface area (Å²) in [6.07, 6.45) is 3.08. The summed E-state index contributed by atoms with van der Waals surface area (Å²) in [5, 5.41) is 11.6. The molecule has 0 spiro atoms. The van der Waals surface area contributed by atoms with Crippen molar-refractivity contribution in [3.8, 4) is 0 Å². The first-order chi connectivity index (χ1) is 7.75. The second-order valence-corrected chi connectivity index (χ2v) is 4.65. The summed E-state index contributed by atoms with van der Waals surface area (Å²) in [4.78, 5) is 0. The Bertz CT molecular complexity index is 445. The van der Waals surface area contributed by atoms with Crippen LogP contribution >= 0.6 is 0 Å². The Kier molecular flexibility index (Phi) is 3.57. The Morgan fingerprint density at radius 3 is 3.06 bits per heavy atom. The lowest BCUT2D eigenvalue weighted by molar-refractivity contribution is 0.537. The van der Waals surface area contributed by atoms with Crippen LogP contribution in [0.1, 0.15) is 25.8 Å². The molecule has 3 nitrogen and oxygen atoms in total. The molecule has 0 radical (unpaired) electrons. The first-order valence-corrected chi connectivity index (χ1v) is 5.88. The highest BCUT2D eigenvalue weighted by Crippen LogP contribution is 2.12. The summed E-state index contributed by atoms with van der Waals surface area (Å²) in [5.41, 5.74) is 2.42. The average Bonchev–Trinajstić information content (AvgIpc) is 2.71. The van der Waals surface area contributed by atoms with Crippen LogP contribution in [0.3, 0.4) is 0 Å². The van der Waals surface area contributed by atoms with Gasteiger partial charge in [0, 0.05) is 11.9 Å². The molecular weight excluding hydrogens is 198 g/mol. The molecule has 0 bridgehead atoms. The number of aromatic nitrogens is 2. The van der Waals surface area contributed by atoms with E-state index in [0.717, 1.165) is 24.5 Å². The van der Waals surface area contributed by atoms with E-state index in [1.807, 2.05) is 6.20 Å². The zero-order valence-corrected chi connectivity index (χ0v) is 9.96. The van der Waals surface area contributed by atoms with Gasteiger partial charge in [-0.1, -0.05) is 26.0 Å². The summed E-state index contributed by atoms with van der Waals surface area (Å²) < 4.78 is 0. The molecule has 2 rings (SSSR count). The lowest BCUT2D eigenvalue weighted by Gasteiger charge is -2.06. The van der Waals surface area contributed by atoms with E-state index in [-0.39, 0.29) is 0 Å². The van der Waals surface area contributed by atoms with Crippen molar-refractivity contribution in [2.45, 2.75) is 26.8 Å². The normalized spacial score (nSPS) is 11.4. The van der Waals surface area contributed by atoms with Gasteiger partial charge in [-0.2, -0.15) is 5.10 Å². The molecule has 86 valence electrons. The number of hydrogen-bond donors (Lipinski definition) is 2. The Morgan fingerprint density at radius 2 is 2.25 bits per heavy atom. The molecule has 0 aliphatic heterocycles. The van der Waals surface area contributed by atoms with Crippen molar-refractivity contribution in [1.29, 1.82) is 0 Å². The molecule has 1 aromatic heterocycles. The van der Waals surface area contributed by atoms with Crippen LogP contribution < -0.4 is 5.32 Å². The molecule has 0 atom stereocenters. The van der Waals surface area contributed by atoms with E-state index in [2.05, 4.69) is 47.6 Å². The second kappa shape index (κ2) is 5.12. The number of hydrogen-bond acceptors (Lipinski definition) is 2. The number of fused-ring (bicyclic) bond motifs is 1. The number of nitrogens with one attached hydrogen (secondary N) is 2. The minimum atomic E-state index is 0.766. The zero-order chi connectivity index (χ0) is 11.4. The van der Waals surface area contributed by atoms with Gasteiger partial charge in [-0.15, -0.1) is 0 Å². The van der Waals surface area contributed by atoms with Crippen LogP contribution in [0.2, 0.25) is 0 Å². The van der Waals surface area contributed by atoms with Crippen molar-refractivity contribution >= 4 is 10.9 Å². The SMILES string of the molecule is CC(C)CCNCc1ccc2cn[nH]c2c1. The van der Waals surface area contributed by atoms with Gasteiger partial charge < -0.3 is 5.32 Å². The molecule has 1 aromatic carbocycles. The maximum Gasteiger partial charge on any atom is 0.0653 e. The highest BCUT2D eigenvalue weighted by molar-refractivity contribution is 5.78. The van der Waals surface area contributed by atoms with E-state index in [9.17, 15) is 0 Å². The highest BCUT2D eigenvalue weighted by atomic mass is 15.1. The molecular formula is C13H19N3. The van der Waals surface area contributed by atoms with Crippen LogP contribution in [0.25, 0.3) is 10.9 Å². The third-order valence-electron chi connectivity index (χ3n) is 2.73. The van der Waals surface area contributed by atoms with Crippen molar-refractivity contribution in [3.05, 3.63) is 30.0 Å². The summed E-state index contributed by atoms with van der Waals surface area (Å²) in [6.45, 7) is 6.51. The molecule has 2 aromatic rings. The third-order valence-corrected chi connectivity index (χ3v) is 2.73. The molecule has 1 heterocycles. The van der Waals surface area contributed by atoms with E-state index in [1.54, 1.807) is 0 Å². The Balaban J connectivity index is 1.89. The van der Waals surface area contributed by atoms with E-state index in [0.29, 0.717) is 0 Å². The largest absolute Gasteiger partial charge is 0.313 e. The fraction of sp³-hybridized carbons (Fsp3) is 0.462.